The molecule has 32 heavy (non-hydrogen) atoms. The molecule has 0 bridgehead atoms. The van der Waals surface area contributed by atoms with E-state index in [1.807, 2.05) is 5.38 Å². The highest BCUT2D eigenvalue weighted by Gasteiger charge is 2.26. The largest absolute Gasteiger partial charge is 0.322 e. The monoisotopic (exact) mass is 469 g/mol. The molecule has 166 valence electrons. The van der Waals surface area contributed by atoms with E-state index in [1.165, 1.54) is 21.7 Å². The van der Waals surface area contributed by atoms with Crippen LogP contribution in [0.4, 0.5) is 11.4 Å². The molecule has 2 N–H and O–H groups in total. The van der Waals surface area contributed by atoms with E-state index in [2.05, 4.69) is 10.6 Å². The second-order valence-electron chi connectivity index (χ2n) is 7.46. The van der Waals surface area contributed by atoms with Crippen LogP contribution in [0.3, 0.4) is 0 Å². The summed E-state index contributed by atoms with van der Waals surface area (Å²) in [5.74, 6) is -0.572. The number of carbonyl (C=O) groups excluding carboxylic acids is 2. The highest BCUT2D eigenvalue weighted by molar-refractivity contribution is 7.89. The number of rotatable bonds is 6. The van der Waals surface area contributed by atoms with Gasteiger partial charge in [-0.3, -0.25) is 9.59 Å². The fraction of sp³-hybridized carbons (Fsp3) is 0.217. The fourth-order valence-corrected chi connectivity index (χ4v) is 5.68. The van der Waals surface area contributed by atoms with Crippen molar-refractivity contribution in [1.29, 1.82) is 0 Å². The molecule has 0 spiro atoms. The number of amides is 2. The van der Waals surface area contributed by atoms with Gasteiger partial charge in [0.15, 0.2) is 0 Å². The zero-order chi connectivity index (χ0) is 22.6. The van der Waals surface area contributed by atoms with E-state index in [9.17, 15) is 18.0 Å². The van der Waals surface area contributed by atoms with Gasteiger partial charge in [0.2, 0.25) is 10.0 Å². The van der Waals surface area contributed by atoms with Crippen LogP contribution in [-0.4, -0.2) is 37.6 Å². The molecule has 1 aromatic heterocycles. The first-order valence-corrected chi connectivity index (χ1v) is 12.6. The molecule has 2 aromatic carbocycles. The Kier molecular flexibility index (Phi) is 6.69. The van der Waals surface area contributed by atoms with Crippen molar-refractivity contribution in [3.05, 3.63) is 76.5 Å². The lowest BCUT2D eigenvalue weighted by molar-refractivity contribution is 0.102. The highest BCUT2D eigenvalue weighted by atomic mass is 32.2. The Hall–Kier alpha value is -3.01. The third kappa shape index (κ3) is 5.07. The van der Waals surface area contributed by atoms with Crippen LogP contribution < -0.4 is 10.6 Å². The van der Waals surface area contributed by atoms with Crippen molar-refractivity contribution in [2.75, 3.05) is 23.7 Å². The number of carbonyl (C=O) groups is 2. The lowest BCUT2D eigenvalue weighted by atomic mass is 10.2. The third-order valence-corrected chi connectivity index (χ3v) is 7.96. The molecule has 2 heterocycles. The number of benzene rings is 2. The molecule has 0 atom stereocenters. The Morgan fingerprint density at radius 2 is 1.53 bits per heavy atom. The van der Waals surface area contributed by atoms with Crippen molar-refractivity contribution in [2.45, 2.75) is 24.2 Å². The molecule has 0 radical (unpaired) electrons. The second kappa shape index (κ2) is 9.64. The number of thiophene rings is 1. The van der Waals surface area contributed by atoms with Crippen molar-refractivity contribution in [2.24, 2.45) is 0 Å². The molecule has 0 aliphatic carbocycles. The standard InChI is InChI=1S/C23H23N3O4S2/c27-22(17-9-11-18(12-10-17)24-23(28)21-8-5-15-31-21)25-19-6-4-7-20(16-19)32(29,30)26-13-2-1-3-14-26/h4-12,15-16H,1-3,13-14H2,(H,24,28)(H,25,27). The van der Waals surface area contributed by atoms with Gasteiger partial charge < -0.3 is 10.6 Å². The molecule has 0 saturated carbocycles. The minimum atomic E-state index is -3.58. The maximum Gasteiger partial charge on any atom is 0.265 e. The zero-order valence-electron chi connectivity index (χ0n) is 17.3. The summed E-state index contributed by atoms with van der Waals surface area (Å²) in [4.78, 5) is 25.5. The second-order valence-corrected chi connectivity index (χ2v) is 10.3. The Labute approximate surface area is 191 Å². The van der Waals surface area contributed by atoms with Gasteiger partial charge in [0.05, 0.1) is 9.77 Å². The van der Waals surface area contributed by atoms with E-state index in [1.54, 1.807) is 54.6 Å². The summed E-state index contributed by atoms with van der Waals surface area (Å²) < 4.78 is 27.3. The molecule has 4 rings (SSSR count). The minimum Gasteiger partial charge on any atom is -0.322 e. The van der Waals surface area contributed by atoms with Gasteiger partial charge in [0.1, 0.15) is 0 Å². The number of sulfonamides is 1. The van der Waals surface area contributed by atoms with Gasteiger partial charge >= 0.3 is 0 Å². The van der Waals surface area contributed by atoms with Crippen LogP contribution in [0.5, 0.6) is 0 Å². The molecule has 9 heteroatoms. The first-order valence-electron chi connectivity index (χ1n) is 10.3. The Balaban J connectivity index is 1.42. The van der Waals surface area contributed by atoms with E-state index >= 15 is 0 Å². The van der Waals surface area contributed by atoms with Crippen molar-refractivity contribution >= 4 is 44.5 Å². The van der Waals surface area contributed by atoms with E-state index in [0.29, 0.717) is 34.9 Å². The van der Waals surface area contributed by atoms with Crippen LogP contribution in [0, 0.1) is 0 Å². The van der Waals surface area contributed by atoms with Gasteiger partial charge in [-0.2, -0.15) is 4.31 Å². The quantitative estimate of drug-likeness (QED) is 0.558. The van der Waals surface area contributed by atoms with Gasteiger partial charge in [-0.05, 0) is 66.8 Å². The molecule has 0 unspecified atom stereocenters. The van der Waals surface area contributed by atoms with Gasteiger partial charge in [-0.25, -0.2) is 8.42 Å². The first kappa shape index (κ1) is 22.2. The third-order valence-electron chi connectivity index (χ3n) is 5.19. The predicted octanol–water partition coefficient (Wildman–Crippen LogP) is 4.43. The van der Waals surface area contributed by atoms with Gasteiger partial charge in [0, 0.05) is 30.0 Å². The van der Waals surface area contributed by atoms with E-state index in [-0.39, 0.29) is 16.7 Å². The number of anilines is 2. The van der Waals surface area contributed by atoms with Crippen LogP contribution in [0.2, 0.25) is 0 Å². The minimum absolute atomic E-state index is 0.170. The van der Waals surface area contributed by atoms with E-state index in [4.69, 9.17) is 0 Å². The summed E-state index contributed by atoms with van der Waals surface area (Å²) in [6.45, 7) is 1.04. The Bertz CT molecular complexity index is 1200. The fourth-order valence-electron chi connectivity index (χ4n) is 3.50. The molecule has 1 saturated heterocycles. The van der Waals surface area contributed by atoms with Crippen LogP contribution >= 0.6 is 11.3 Å². The summed E-state index contributed by atoms with van der Waals surface area (Å²) in [5.41, 5.74) is 1.38. The first-order chi connectivity index (χ1) is 15.4. The molecule has 7 nitrogen and oxygen atoms in total. The molecular formula is C23H23N3O4S2. The summed E-state index contributed by atoms with van der Waals surface area (Å²) >= 11 is 1.35. The van der Waals surface area contributed by atoms with E-state index in [0.717, 1.165) is 19.3 Å². The summed E-state index contributed by atoms with van der Waals surface area (Å²) in [6.07, 6.45) is 2.76. The SMILES string of the molecule is O=C(Nc1cccc(S(=O)(=O)N2CCCCC2)c1)c1ccc(NC(=O)c2cccs2)cc1. The zero-order valence-corrected chi connectivity index (χ0v) is 18.9. The molecule has 3 aromatic rings. The van der Waals surface area contributed by atoms with Crippen molar-refractivity contribution in [3.63, 3.8) is 0 Å². The molecule has 2 amide bonds. The van der Waals surface area contributed by atoms with E-state index < -0.39 is 10.0 Å². The Morgan fingerprint density at radius 1 is 0.812 bits per heavy atom. The maximum absolute atomic E-state index is 12.9. The highest BCUT2D eigenvalue weighted by Crippen LogP contribution is 2.23. The lowest BCUT2D eigenvalue weighted by Crippen LogP contribution is -2.35. The number of piperidine rings is 1. The van der Waals surface area contributed by atoms with Crippen molar-refractivity contribution in [1.82, 2.24) is 4.31 Å². The van der Waals surface area contributed by atoms with Gasteiger partial charge in [-0.15, -0.1) is 11.3 Å². The summed E-state index contributed by atoms with van der Waals surface area (Å²) in [7, 11) is -3.58. The average molecular weight is 470 g/mol. The molecular weight excluding hydrogens is 446 g/mol. The van der Waals surface area contributed by atoms with Crippen LogP contribution in [0.15, 0.2) is 70.9 Å². The van der Waals surface area contributed by atoms with Crippen molar-refractivity contribution in [3.8, 4) is 0 Å². The summed E-state index contributed by atoms with van der Waals surface area (Å²) in [5, 5.41) is 7.36. The maximum atomic E-state index is 12.9. The predicted molar refractivity (Wildman–Crippen MR) is 126 cm³/mol. The number of nitrogens with zero attached hydrogens (tertiary/aromatic N) is 1. The molecule has 1 aliphatic heterocycles. The van der Waals surface area contributed by atoms with Crippen LogP contribution in [-0.2, 0) is 10.0 Å². The molecule has 1 fully saturated rings. The smallest absolute Gasteiger partial charge is 0.265 e. The number of hydrogen-bond acceptors (Lipinski definition) is 5. The average Bonchev–Trinajstić information content (AvgIpc) is 3.36. The topological polar surface area (TPSA) is 95.6 Å². The number of hydrogen-bond donors (Lipinski definition) is 2. The van der Waals surface area contributed by atoms with Crippen LogP contribution in [0.25, 0.3) is 0 Å². The van der Waals surface area contributed by atoms with Crippen molar-refractivity contribution < 1.29 is 18.0 Å². The number of nitrogens with one attached hydrogen (secondary N) is 2. The molecule has 1 aliphatic rings. The Morgan fingerprint density at radius 3 is 2.22 bits per heavy atom. The van der Waals surface area contributed by atoms with Crippen LogP contribution in [0.1, 0.15) is 39.3 Å². The summed E-state index contributed by atoms with van der Waals surface area (Å²) in [6, 6.07) is 16.4. The lowest BCUT2D eigenvalue weighted by Gasteiger charge is -2.26. The van der Waals surface area contributed by atoms with Gasteiger partial charge in [-0.1, -0.05) is 18.6 Å². The normalized spacial score (nSPS) is 14.6. The van der Waals surface area contributed by atoms with Gasteiger partial charge in [0.25, 0.3) is 11.8 Å².